The maximum Gasteiger partial charge on any atom is 0.250 e. The molecule has 0 bridgehead atoms. The first kappa shape index (κ1) is 15.5. The second kappa shape index (κ2) is 7.78. The Hall–Kier alpha value is -1.88. The highest BCUT2D eigenvalue weighted by molar-refractivity contribution is 6.31. The highest BCUT2D eigenvalue weighted by atomic mass is 35.5. The van der Waals surface area contributed by atoms with E-state index in [0.717, 1.165) is 11.1 Å². The van der Waals surface area contributed by atoms with Gasteiger partial charge >= 0.3 is 0 Å². The second-order valence-corrected chi connectivity index (χ2v) is 4.90. The highest BCUT2D eigenvalue weighted by Gasteiger charge is 2.05. The lowest BCUT2D eigenvalue weighted by Crippen LogP contribution is -2.18. The third kappa shape index (κ3) is 4.86. The molecule has 110 valence electrons. The van der Waals surface area contributed by atoms with Gasteiger partial charge in [-0.1, -0.05) is 41.9 Å². The van der Waals surface area contributed by atoms with E-state index in [1.807, 2.05) is 18.2 Å². The zero-order valence-corrected chi connectivity index (χ0v) is 12.1. The summed E-state index contributed by atoms with van der Waals surface area (Å²) in [5, 5.41) is 12.4. The number of nitrogens with one attached hydrogen (secondary N) is 1. The second-order valence-electron chi connectivity index (χ2n) is 4.49. The number of benzene rings is 2. The fourth-order valence-corrected chi connectivity index (χ4v) is 2.00. The van der Waals surface area contributed by atoms with Gasteiger partial charge in [0, 0.05) is 10.7 Å². The van der Waals surface area contributed by atoms with Gasteiger partial charge in [0.2, 0.25) is 5.91 Å². The molecule has 0 aliphatic carbocycles. The average Bonchev–Trinajstić information content (AvgIpc) is 2.49. The Morgan fingerprint density at radius 2 is 2.00 bits per heavy atom. The van der Waals surface area contributed by atoms with E-state index in [2.05, 4.69) is 5.32 Å². The zero-order valence-electron chi connectivity index (χ0n) is 11.4. The number of carbonyl (C=O) groups excluding carboxylic acids is 1. The number of aliphatic hydroxyl groups excluding tert-OH is 1. The van der Waals surface area contributed by atoms with E-state index in [4.69, 9.17) is 21.4 Å². The minimum Gasteiger partial charge on any atom is -0.392 e. The molecule has 0 aliphatic heterocycles. The molecule has 0 heterocycles. The van der Waals surface area contributed by atoms with Crippen LogP contribution in [0.5, 0.6) is 0 Å². The molecule has 0 fully saturated rings. The van der Waals surface area contributed by atoms with Gasteiger partial charge in [-0.15, -0.1) is 0 Å². The lowest BCUT2D eigenvalue weighted by Gasteiger charge is -2.08. The fourth-order valence-electron chi connectivity index (χ4n) is 1.81. The number of halogens is 1. The smallest absolute Gasteiger partial charge is 0.250 e. The summed E-state index contributed by atoms with van der Waals surface area (Å²) in [6.45, 7) is 0.158. The third-order valence-corrected chi connectivity index (χ3v) is 3.21. The molecule has 0 aliphatic rings. The fraction of sp³-hybridized carbons (Fsp3) is 0.188. The first-order valence-electron chi connectivity index (χ1n) is 6.50. The molecule has 2 rings (SSSR count). The number of carbonyl (C=O) groups is 1. The van der Waals surface area contributed by atoms with Gasteiger partial charge in [-0.2, -0.15) is 0 Å². The summed E-state index contributed by atoms with van der Waals surface area (Å²) in [5.41, 5.74) is 2.21. The van der Waals surface area contributed by atoms with Gasteiger partial charge in [0.05, 0.1) is 13.2 Å². The average molecular weight is 306 g/mol. The molecule has 2 aromatic rings. The minimum absolute atomic E-state index is 0.0609. The molecule has 2 aromatic carbocycles. The third-order valence-electron chi connectivity index (χ3n) is 2.84. The van der Waals surface area contributed by atoms with Crippen molar-refractivity contribution < 1.29 is 14.6 Å². The standard InChI is InChI=1S/C16H16ClNO3/c17-15-7-2-1-5-13(15)10-21-11-16(20)18-14-6-3-4-12(8-14)9-19/h1-8,19H,9-11H2,(H,18,20). The summed E-state index contributed by atoms with van der Waals surface area (Å²) in [4.78, 5) is 11.8. The number of hydrogen-bond donors (Lipinski definition) is 2. The van der Waals surface area contributed by atoms with Crippen LogP contribution in [0.15, 0.2) is 48.5 Å². The Morgan fingerprint density at radius 3 is 2.76 bits per heavy atom. The predicted octanol–water partition coefficient (Wildman–Crippen LogP) is 2.99. The summed E-state index contributed by atoms with van der Waals surface area (Å²) in [5.74, 6) is -0.253. The van der Waals surface area contributed by atoms with Crippen molar-refractivity contribution >= 4 is 23.2 Å². The van der Waals surface area contributed by atoms with Crippen LogP contribution in [0.25, 0.3) is 0 Å². The molecule has 0 atom stereocenters. The monoisotopic (exact) mass is 305 g/mol. The van der Waals surface area contributed by atoms with Crippen LogP contribution in [-0.4, -0.2) is 17.6 Å². The van der Waals surface area contributed by atoms with E-state index in [1.165, 1.54) is 0 Å². The van der Waals surface area contributed by atoms with Crippen molar-refractivity contribution in [3.63, 3.8) is 0 Å². The van der Waals surface area contributed by atoms with Crippen molar-refractivity contribution in [1.82, 2.24) is 0 Å². The molecule has 0 saturated carbocycles. The van der Waals surface area contributed by atoms with Gasteiger partial charge < -0.3 is 15.2 Å². The van der Waals surface area contributed by atoms with Crippen LogP contribution >= 0.6 is 11.6 Å². The molecule has 0 radical (unpaired) electrons. The number of ether oxygens (including phenoxy) is 1. The van der Waals surface area contributed by atoms with Gasteiger partial charge in [-0.3, -0.25) is 4.79 Å². The van der Waals surface area contributed by atoms with Crippen LogP contribution in [0.2, 0.25) is 5.02 Å². The van der Waals surface area contributed by atoms with Crippen molar-refractivity contribution in [2.45, 2.75) is 13.2 Å². The lowest BCUT2D eigenvalue weighted by molar-refractivity contribution is -0.121. The van der Waals surface area contributed by atoms with Crippen molar-refractivity contribution in [1.29, 1.82) is 0 Å². The van der Waals surface area contributed by atoms with Crippen LogP contribution in [-0.2, 0) is 22.7 Å². The summed E-state index contributed by atoms with van der Waals surface area (Å²) in [6.07, 6.45) is 0. The van der Waals surface area contributed by atoms with Crippen molar-refractivity contribution in [2.75, 3.05) is 11.9 Å². The summed E-state index contributed by atoms with van der Waals surface area (Å²) in [6, 6.07) is 14.4. The van der Waals surface area contributed by atoms with E-state index in [1.54, 1.807) is 30.3 Å². The molecule has 0 unspecified atom stereocenters. The van der Waals surface area contributed by atoms with Crippen molar-refractivity contribution in [2.24, 2.45) is 0 Å². The first-order chi connectivity index (χ1) is 10.2. The first-order valence-corrected chi connectivity index (χ1v) is 6.87. The molecular weight excluding hydrogens is 290 g/mol. The number of anilines is 1. The van der Waals surface area contributed by atoms with Gasteiger partial charge in [-0.25, -0.2) is 0 Å². The normalized spacial score (nSPS) is 10.4. The minimum atomic E-state index is -0.253. The molecule has 21 heavy (non-hydrogen) atoms. The van der Waals surface area contributed by atoms with E-state index >= 15 is 0 Å². The maximum atomic E-state index is 11.8. The van der Waals surface area contributed by atoms with E-state index in [-0.39, 0.29) is 25.7 Å². The predicted molar refractivity (Wildman–Crippen MR) is 82.1 cm³/mol. The van der Waals surface area contributed by atoms with Gasteiger partial charge in [0.1, 0.15) is 6.61 Å². The number of rotatable bonds is 6. The molecule has 0 aromatic heterocycles. The highest BCUT2D eigenvalue weighted by Crippen LogP contribution is 2.15. The number of amides is 1. The SMILES string of the molecule is O=C(COCc1ccccc1Cl)Nc1cccc(CO)c1. The van der Waals surface area contributed by atoms with Gasteiger partial charge in [0.25, 0.3) is 0 Å². The Bertz CT molecular complexity index is 616. The summed E-state index contributed by atoms with van der Waals surface area (Å²) in [7, 11) is 0. The summed E-state index contributed by atoms with van der Waals surface area (Å²) < 4.78 is 5.35. The molecular formula is C16H16ClNO3. The van der Waals surface area contributed by atoms with Crippen LogP contribution in [0.4, 0.5) is 5.69 Å². The molecule has 1 amide bonds. The topological polar surface area (TPSA) is 58.6 Å². The quantitative estimate of drug-likeness (QED) is 0.862. The lowest BCUT2D eigenvalue weighted by atomic mass is 10.2. The largest absolute Gasteiger partial charge is 0.392 e. The van der Waals surface area contributed by atoms with E-state index in [0.29, 0.717) is 10.7 Å². The molecule has 2 N–H and O–H groups in total. The molecule has 0 spiro atoms. The van der Waals surface area contributed by atoms with Crippen LogP contribution in [0.1, 0.15) is 11.1 Å². The Kier molecular flexibility index (Phi) is 5.75. The number of hydrogen-bond acceptors (Lipinski definition) is 3. The van der Waals surface area contributed by atoms with E-state index < -0.39 is 0 Å². The molecule has 5 heteroatoms. The van der Waals surface area contributed by atoms with Gasteiger partial charge in [0.15, 0.2) is 0 Å². The number of aliphatic hydroxyl groups is 1. The zero-order chi connectivity index (χ0) is 15.1. The van der Waals surface area contributed by atoms with Crippen molar-refractivity contribution in [3.8, 4) is 0 Å². The van der Waals surface area contributed by atoms with Crippen LogP contribution in [0, 0.1) is 0 Å². The van der Waals surface area contributed by atoms with Crippen molar-refractivity contribution in [3.05, 3.63) is 64.7 Å². The van der Waals surface area contributed by atoms with Crippen LogP contribution in [0.3, 0.4) is 0 Å². The van der Waals surface area contributed by atoms with E-state index in [9.17, 15) is 4.79 Å². The Balaban J connectivity index is 1.81. The summed E-state index contributed by atoms with van der Waals surface area (Å²) >= 11 is 6.00. The van der Waals surface area contributed by atoms with Crippen LogP contribution < -0.4 is 5.32 Å². The maximum absolute atomic E-state index is 11.8. The molecule has 0 saturated heterocycles. The molecule has 4 nitrogen and oxygen atoms in total. The van der Waals surface area contributed by atoms with Gasteiger partial charge in [-0.05, 0) is 29.3 Å². The Labute approximate surface area is 128 Å². The Morgan fingerprint density at radius 1 is 1.19 bits per heavy atom.